The van der Waals surface area contributed by atoms with Gasteiger partial charge in [0.25, 0.3) is 0 Å². The van der Waals surface area contributed by atoms with Gasteiger partial charge in [0.15, 0.2) is 17.8 Å². The van der Waals surface area contributed by atoms with E-state index in [9.17, 15) is 19.8 Å². The summed E-state index contributed by atoms with van der Waals surface area (Å²) in [4.78, 5) is 44.3. The van der Waals surface area contributed by atoms with Crippen molar-refractivity contribution in [3.8, 4) is 17.6 Å². The van der Waals surface area contributed by atoms with Gasteiger partial charge in [-0.25, -0.2) is 9.59 Å². The molecule has 2 aliphatic carbocycles. The van der Waals surface area contributed by atoms with E-state index in [-0.39, 0.29) is 72.7 Å². The van der Waals surface area contributed by atoms with E-state index < -0.39 is 53.3 Å². The van der Waals surface area contributed by atoms with E-state index in [0.29, 0.717) is 35.8 Å². The summed E-state index contributed by atoms with van der Waals surface area (Å²) in [5, 5.41) is 21.4. The first-order valence-corrected chi connectivity index (χ1v) is 24.5. The Morgan fingerprint density at radius 1 is 0.942 bits per heavy atom. The fourth-order valence-electron chi connectivity index (χ4n) is 12.1. The summed E-state index contributed by atoms with van der Waals surface area (Å²) >= 11 is 0. The van der Waals surface area contributed by atoms with Crippen molar-refractivity contribution in [1.29, 1.82) is 0 Å². The molecular weight excluding hydrogens is 869 g/mol. The second-order valence-electron chi connectivity index (χ2n) is 20.1. The first-order valence-electron chi connectivity index (χ1n) is 24.5. The molecule has 8 atom stereocenters. The van der Waals surface area contributed by atoms with E-state index in [0.717, 1.165) is 36.0 Å². The van der Waals surface area contributed by atoms with Crippen molar-refractivity contribution >= 4 is 22.9 Å². The molecule has 11 rings (SSSR count). The van der Waals surface area contributed by atoms with E-state index in [1.54, 1.807) is 12.1 Å². The normalized spacial score (nSPS) is 26.3. The summed E-state index contributed by atoms with van der Waals surface area (Å²) in [7, 11) is 1.51. The predicted octanol–water partition coefficient (Wildman–Crippen LogP) is 9.89. The zero-order valence-corrected chi connectivity index (χ0v) is 39.8. The highest BCUT2D eigenvalue weighted by Crippen LogP contribution is 2.56. The first kappa shape index (κ1) is 46.5. The van der Waals surface area contributed by atoms with Crippen LogP contribution in [0.2, 0.25) is 0 Å². The van der Waals surface area contributed by atoms with E-state index >= 15 is 4.79 Å². The van der Waals surface area contributed by atoms with Gasteiger partial charge in [-0.1, -0.05) is 102 Å². The number of fused-ring (bicyclic) bond motifs is 7. The van der Waals surface area contributed by atoms with Gasteiger partial charge in [-0.2, -0.15) is 0 Å². The van der Waals surface area contributed by atoms with E-state index in [4.69, 9.17) is 23.4 Å². The van der Waals surface area contributed by atoms with Crippen LogP contribution in [0.5, 0.6) is 5.75 Å². The topological polar surface area (TPSA) is 142 Å². The number of esters is 2. The molecule has 1 aromatic heterocycles. The molecule has 0 unspecified atom stereocenters. The molecule has 10 nitrogen and oxygen atoms in total. The molecule has 10 heteroatoms. The van der Waals surface area contributed by atoms with Crippen molar-refractivity contribution in [2.45, 2.75) is 126 Å². The van der Waals surface area contributed by atoms with E-state index in [2.05, 4.69) is 90.7 Å². The largest absolute Gasteiger partial charge is 0.482 e. The Morgan fingerprint density at radius 2 is 1.77 bits per heavy atom. The van der Waals surface area contributed by atoms with Gasteiger partial charge < -0.3 is 33.6 Å². The summed E-state index contributed by atoms with van der Waals surface area (Å²) in [6, 6.07) is 29.4. The lowest BCUT2D eigenvalue weighted by Crippen LogP contribution is -2.54. The van der Waals surface area contributed by atoms with Crippen LogP contribution in [0, 0.1) is 17.8 Å². The Morgan fingerprint density at radius 3 is 2.55 bits per heavy atom. The second kappa shape index (κ2) is 18.9. The van der Waals surface area contributed by atoms with Crippen LogP contribution in [-0.4, -0.2) is 54.2 Å². The minimum atomic E-state index is -1.34. The SMILES string of the molecule is COC[C@@H](CCO)c1c(CO)c2ccc3c(c2oc1=O)[C@H]1OC(=O)C[C@H]2C[C@H](c4cccc(Cc5ccccc5)c4)C=C[C@@]24CC[C@H]2C#CC[C@@](C)(O3)[C@H]1OC(=O)C(=C(C)C)CCc1ccc4c2c1. The highest BCUT2D eigenvalue weighted by molar-refractivity contribution is 5.90. The second-order valence-corrected chi connectivity index (χ2v) is 20.1. The lowest BCUT2D eigenvalue weighted by atomic mass is 9.55. The van der Waals surface area contributed by atoms with Gasteiger partial charge in [-0.05, 0) is 123 Å². The van der Waals surface area contributed by atoms with Crippen LogP contribution >= 0.6 is 0 Å². The fraction of sp³-hybridized carbons (Fsp3) is 0.407. The molecule has 356 valence electrons. The monoisotopic (exact) mass is 928 g/mol. The Bertz CT molecular complexity index is 3000. The minimum absolute atomic E-state index is 0.0224. The number of rotatable bonds is 9. The molecule has 0 fully saturated rings. The van der Waals surface area contributed by atoms with Gasteiger partial charge in [0.2, 0.25) is 0 Å². The molecule has 6 aliphatic rings. The van der Waals surface area contributed by atoms with Crippen molar-refractivity contribution in [2.24, 2.45) is 5.92 Å². The van der Waals surface area contributed by atoms with Gasteiger partial charge in [-0.15, -0.1) is 0 Å². The summed E-state index contributed by atoms with van der Waals surface area (Å²) in [5.74, 6) is 5.54. The number of carbonyl (C=O) groups excluding carboxylic acids is 2. The summed E-state index contributed by atoms with van der Waals surface area (Å²) in [5.41, 5.74) is 6.57. The lowest BCUT2D eigenvalue weighted by Gasteiger charge is -2.48. The summed E-state index contributed by atoms with van der Waals surface area (Å²) < 4.78 is 32.1. The van der Waals surface area contributed by atoms with E-state index in [1.807, 2.05) is 26.8 Å². The van der Waals surface area contributed by atoms with Crippen LogP contribution < -0.4 is 10.4 Å². The maximum atomic E-state index is 15.3. The Labute approximate surface area is 403 Å². The molecule has 5 heterocycles. The van der Waals surface area contributed by atoms with Crippen LogP contribution in [0.1, 0.15) is 140 Å². The number of aliphatic hydroxyl groups is 2. The van der Waals surface area contributed by atoms with Crippen LogP contribution in [0.4, 0.5) is 0 Å². The van der Waals surface area contributed by atoms with Crippen LogP contribution in [-0.2, 0) is 48.7 Å². The Hall–Kier alpha value is -6.25. The zero-order chi connectivity index (χ0) is 48.0. The molecule has 4 aromatic carbocycles. The number of aliphatic hydroxyl groups excluding tert-OH is 2. The number of hydrogen-bond acceptors (Lipinski definition) is 10. The van der Waals surface area contributed by atoms with Crippen molar-refractivity contribution < 1.29 is 43.2 Å². The highest BCUT2D eigenvalue weighted by atomic mass is 16.6. The molecule has 5 aromatic rings. The average molecular weight is 929 g/mol. The fourth-order valence-corrected chi connectivity index (χ4v) is 12.1. The van der Waals surface area contributed by atoms with Crippen molar-refractivity contribution in [3.63, 3.8) is 0 Å². The number of ether oxygens (including phenoxy) is 4. The van der Waals surface area contributed by atoms with Crippen LogP contribution in [0.3, 0.4) is 0 Å². The molecule has 2 N–H and O–H groups in total. The Balaban J connectivity index is 1.16. The summed E-state index contributed by atoms with van der Waals surface area (Å²) in [6.07, 6.45) is 6.61. The van der Waals surface area contributed by atoms with Gasteiger partial charge in [0, 0.05) is 59.8 Å². The van der Waals surface area contributed by atoms with Gasteiger partial charge in [0.05, 0.1) is 25.2 Å². The highest BCUT2D eigenvalue weighted by Gasteiger charge is 2.54. The van der Waals surface area contributed by atoms with Crippen LogP contribution in [0.15, 0.2) is 117 Å². The predicted molar refractivity (Wildman–Crippen MR) is 262 cm³/mol. The molecule has 69 heavy (non-hydrogen) atoms. The number of methoxy groups -OCH3 is 1. The maximum absolute atomic E-state index is 15.3. The molecule has 1 spiro atoms. The van der Waals surface area contributed by atoms with Crippen molar-refractivity contribution in [1.82, 2.24) is 0 Å². The van der Waals surface area contributed by atoms with Crippen molar-refractivity contribution in [3.05, 3.63) is 169 Å². The molecular formula is C59H60O10. The smallest absolute Gasteiger partial charge is 0.340 e. The standard InChI is InChI=1S/C59H60O10/c1-35(2)44-17-15-37-16-19-48-46(30-37)39-14-9-24-58(3)55(68-56(44)63)54(52-49(69-58)20-18-45-47(33-61)51(57(64)67-53(45)52)42(23-27-60)34-65-4)66-50(62)32-43-31-41(22-26-59(43,48)25-21-39)40-13-8-12-38(29-40)28-36-10-6-5-7-11-36/h5-8,10-13,16,18-20,22,26,29-30,39,41-43,54-55,60-61H,15,17,21,23-25,27-28,31-34H2,1-4H3/t39-,41-,42-,43-,54-,55+,58-,59+/m1/s1. The average Bonchev–Trinajstić information content (AvgIpc) is 3.33. The Kier molecular flexibility index (Phi) is 12.7. The third-order valence-electron chi connectivity index (χ3n) is 15.6. The van der Waals surface area contributed by atoms with Gasteiger partial charge in [0.1, 0.15) is 11.3 Å². The van der Waals surface area contributed by atoms with E-state index in [1.165, 1.54) is 29.4 Å². The summed E-state index contributed by atoms with van der Waals surface area (Å²) in [6.45, 7) is 4.97. The lowest BCUT2D eigenvalue weighted by molar-refractivity contribution is -0.190. The first-order chi connectivity index (χ1) is 33.4. The number of hydrogen-bond donors (Lipinski definition) is 2. The maximum Gasteiger partial charge on any atom is 0.340 e. The molecule has 0 amide bonds. The molecule has 4 aliphatic heterocycles. The van der Waals surface area contributed by atoms with Gasteiger partial charge in [-0.3, -0.25) is 4.79 Å². The minimum Gasteiger partial charge on any atom is -0.482 e. The van der Waals surface area contributed by atoms with Crippen molar-refractivity contribution in [2.75, 3.05) is 20.3 Å². The molecule has 7 bridgehead atoms. The third kappa shape index (κ3) is 8.53. The number of allylic oxidation sites excluding steroid dienone is 3. The molecule has 0 radical (unpaired) electrons. The quantitative estimate of drug-likeness (QED) is 0.0483. The third-order valence-corrected chi connectivity index (χ3v) is 15.6. The molecule has 0 saturated heterocycles. The van der Waals surface area contributed by atoms with Crippen LogP contribution in [0.25, 0.3) is 11.0 Å². The van der Waals surface area contributed by atoms with Gasteiger partial charge >= 0.3 is 17.6 Å². The zero-order valence-electron chi connectivity index (χ0n) is 39.8. The molecule has 0 saturated carbocycles. The number of carbonyl (C=O) groups is 2. The number of benzene rings is 4. The number of aryl methyl sites for hydroxylation is 1.